The van der Waals surface area contributed by atoms with Crippen LogP contribution < -0.4 is 14.4 Å². The lowest BCUT2D eigenvalue weighted by Crippen LogP contribution is -2.41. The Morgan fingerprint density at radius 1 is 1.03 bits per heavy atom. The van der Waals surface area contributed by atoms with Gasteiger partial charge in [0.2, 0.25) is 5.91 Å². The number of thioether (sulfide) groups is 1. The van der Waals surface area contributed by atoms with Crippen LogP contribution in [-0.4, -0.2) is 40.3 Å². The topological polar surface area (TPSA) is 75.7 Å². The van der Waals surface area contributed by atoms with Crippen LogP contribution >= 0.6 is 11.8 Å². The van der Waals surface area contributed by atoms with Gasteiger partial charge in [-0.1, -0.05) is 36.4 Å². The van der Waals surface area contributed by atoms with Crippen molar-refractivity contribution < 1.29 is 22.3 Å². The molecular formula is C25H27FN2O4S2. The van der Waals surface area contributed by atoms with Crippen LogP contribution in [0.4, 0.5) is 10.1 Å². The summed E-state index contributed by atoms with van der Waals surface area (Å²) in [6.07, 6.45) is 0.724. The van der Waals surface area contributed by atoms with Crippen molar-refractivity contribution in [2.24, 2.45) is 0 Å². The number of benzene rings is 3. The average Bonchev–Trinajstić information content (AvgIpc) is 2.86. The number of hydrogen-bond donors (Lipinski definition) is 1. The van der Waals surface area contributed by atoms with Gasteiger partial charge in [0.1, 0.15) is 18.1 Å². The van der Waals surface area contributed by atoms with Gasteiger partial charge in [-0.15, -0.1) is 0 Å². The Bertz CT molecular complexity index is 1170. The second-order valence-electron chi connectivity index (χ2n) is 7.41. The van der Waals surface area contributed by atoms with E-state index in [9.17, 15) is 17.6 Å². The smallest absolute Gasteiger partial charge is 0.264 e. The number of methoxy groups -OCH3 is 1. The van der Waals surface area contributed by atoms with E-state index in [-0.39, 0.29) is 17.3 Å². The number of nitrogens with zero attached hydrogens (tertiary/aromatic N) is 1. The van der Waals surface area contributed by atoms with E-state index < -0.39 is 15.9 Å². The maximum absolute atomic E-state index is 13.3. The first kappa shape index (κ1) is 25.6. The van der Waals surface area contributed by atoms with Crippen molar-refractivity contribution in [2.75, 3.05) is 30.3 Å². The number of ether oxygens (including phenoxy) is 1. The molecule has 0 aliphatic carbocycles. The zero-order valence-corrected chi connectivity index (χ0v) is 20.4. The van der Waals surface area contributed by atoms with Gasteiger partial charge >= 0.3 is 0 Å². The second kappa shape index (κ2) is 12.4. The summed E-state index contributed by atoms with van der Waals surface area (Å²) < 4.78 is 45.9. The quantitative estimate of drug-likeness (QED) is 0.370. The van der Waals surface area contributed by atoms with Gasteiger partial charge in [-0.3, -0.25) is 9.10 Å². The molecule has 0 unspecified atom stereocenters. The lowest BCUT2D eigenvalue weighted by Gasteiger charge is -2.24. The molecule has 0 radical (unpaired) electrons. The predicted octanol–water partition coefficient (Wildman–Crippen LogP) is 4.47. The first-order chi connectivity index (χ1) is 16.4. The molecule has 1 amide bonds. The van der Waals surface area contributed by atoms with Crippen LogP contribution in [0.15, 0.2) is 83.8 Å². The van der Waals surface area contributed by atoms with Crippen LogP contribution in [0, 0.1) is 5.82 Å². The van der Waals surface area contributed by atoms with E-state index in [2.05, 4.69) is 5.32 Å². The molecule has 0 saturated carbocycles. The predicted molar refractivity (Wildman–Crippen MR) is 134 cm³/mol. The van der Waals surface area contributed by atoms with E-state index in [1.165, 1.54) is 31.4 Å². The first-order valence-electron chi connectivity index (χ1n) is 10.7. The van der Waals surface area contributed by atoms with Crippen LogP contribution in [0.1, 0.15) is 12.0 Å². The third-order valence-electron chi connectivity index (χ3n) is 4.93. The van der Waals surface area contributed by atoms with Crippen molar-refractivity contribution in [3.05, 3.63) is 90.2 Å². The van der Waals surface area contributed by atoms with Crippen molar-refractivity contribution in [3.8, 4) is 5.75 Å². The van der Waals surface area contributed by atoms with Crippen molar-refractivity contribution in [1.29, 1.82) is 0 Å². The highest BCUT2D eigenvalue weighted by Gasteiger charge is 2.27. The molecule has 34 heavy (non-hydrogen) atoms. The highest BCUT2D eigenvalue weighted by Crippen LogP contribution is 2.26. The number of anilines is 1. The van der Waals surface area contributed by atoms with E-state index in [1.807, 2.05) is 0 Å². The molecule has 3 aromatic carbocycles. The van der Waals surface area contributed by atoms with Crippen LogP contribution in [0.3, 0.4) is 0 Å². The Hall–Kier alpha value is -3.04. The first-order valence-corrected chi connectivity index (χ1v) is 13.3. The molecule has 0 aliphatic rings. The molecule has 0 aliphatic heterocycles. The average molecular weight is 503 g/mol. The summed E-state index contributed by atoms with van der Waals surface area (Å²) in [6.45, 7) is 0.0692. The summed E-state index contributed by atoms with van der Waals surface area (Å²) in [5, 5.41) is 2.80. The molecule has 0 atom stereocenters. The van der Waals surface area contributed by atoms with Gasteiger partial charge in [-0.25, -0.2) is 12.8 Å². The molecule has 0 fully saturated rings. The molecule has 3 aromatic rings. The largest absolute Gasteiger partial charge is 0.497 e. The van der Waals surface area contributed by atoms with Crippen molar-refractivity contribution in [3.63, 3.8) is 0 Å². The van der Waals surface area contributed by atoms with Gasteiger partial charge in [-0.05, 0) is 54.1 Å². The number of rotatable bonds is 12. The molecule has 0 heterocycles. The summed E-state index contributed by atoms with van der Waals surface area (Å²) in [5.74, 6) is 1.40. The van der Waals surface area contributed by atoms with Crippen LogP contribution in [0.5, 0.6) is 5.75 Å². The fourth-order valence-corrected chi connectivity index (χ4v) is 5.51. The standard InChI is InChI=1S/C25H27FN2O4S2/c1-32-23-8-5-7-22(17-23)28(34(30,31)24-9-3-2-4-10-24)18-25(29)27-15-6-16-33-19-20-11-13-21(26)14-12-20/h2-5,7-14,17H,6,15-16,18-19H2,1H3,(H,27,29). The van der Waals surface area contributed by atoms with Gasteiger partial charge in [-0.2, -0.15) is 11.8 Å². The minimum atomic E-state index is -3.96. The second-order valence-corrected chi connectivity index (χ2v) is 10.4. The summed E-state index contributed by atoms with van der Waals surface area (Å²) in [5.41, 5.74) is 1.38. The number of sulfonamides is 1. The Morgan fingerprint density at radius 2 is 1.76 bits per heavy atom. The van der Waals surface area contributed by atoms with Crippen molar-refractivity contribution >= 4 is 33.4 Å². The minimum Gasteiger partial charge on any atom is -0.497 e. The molecule has 0 spiro atoms. The number of halogens is 1. The molecule has 3 rings (SSSR count). The van der Waals surface area contributed by atoms with Crippen LogP contribution in [0.25, 0.3) is 0 Å². The molecule has 1 N–H and O–H groups in total. The maximum Gasteiger partial charge on any atom is 0.264 e. The number of carbonyl (C=O) groups is 1. The summed E-state index contributed by atoms with van der Waals surface area (Å²) in [7, 11) is -2.46. The Kier molecular flexibility index (Phi) is 9.35. The summed E-state index contributed by atoms with van der Waals surface area (Å²) in [6, 6.07) is 21.0. The number of amides is 1. The fourth-order valence-electron chi connectivity index (χ4n) is 3.16. The molecule has 6 nitrogen and oxygen atoms in total. The Morgan fingerprint density at radius 3 is 2.47 bits per heavy atom. The van der Waals surface area contributed by atoms with E-state index in [4.69, 9.17) is 4.74 Å². The third-order valence-corrected chi connectivity index (χ3v) is 7.83. The van der Waals surface area contributed by atoms with E-state index in [0.717, 1.165) is 27.8 Å². The van der Waals surface area contributed by atoms with E-state index in [1.54, 1.807) is 66.4 Å². The molecular weight excluding hydrogens is 475 g/mol. The molecule has 0 bridgehead atoms. The Balaban J connectivity index is 1.58. The van der Waals surface area contributed by atoms with Crippen molar-refractivity contribution in [1.82, 2.24) is 5.32 Å². The number of carbonyl (C=O) groups excluding carboxylic acids is 1. The zero-order valence-electron chi connectivity index (χ0n) is 18.8. The normalized spacial score (nSPS) is 11.1. The lowest BCUT2D eigenvalue weighted by molar-refractivity contribution is -0.119. The molecule has 0 aromatic heterocycles. The lowest BCUT2D eigenvalue weighted by atomic mass is 10.2. The Labute approximate surface area is 204 Å². The van der Waals surface area contributed by atoms with Gasteiger partial charge in [0.15, 0.2) is 0 Å². The third kappa shape index (κ3) is 7.23. The van der Waals surface area contributed by atoms with Gasteiger partial charge in [0, 0.05) is 18.4 Å². The highest BCUT2D eigenvalue weighted by molar-refractivity contribution is 7.98. The van der Waals surface area contributed by atoms with Crippen molar-refractivity contribution in [2.45, 2.75) is 17.1 Å². The summed E-state index contributed by atoms with van der Waals surface area (Å²) in [4.78, 5) is 12.8. The number of hydrogen-bond acceptors (Lipinski definition) is 5. The SMILES string of the molecule is COc1cccc(N(CC(=O)NCCCSCc2ccc(F)cc2)S(=O)(=O)c2ccccc2)c1. The van der Waals surface area contributed by atoms with Crippen LogP contribution in [0.2, 0.25) is 0 Å². The molecule has 0 saturated heterocycles. The fraction of sp³-hybridized carbons (Fsp3) is 0.240. The minimum absolute atomic E-state index is 0.0998. The monoisotopic (exact) mass is 502 g/mol. The molecule has 180 valence electrons. The maximum atomic E-state index is 13.3. The zero-order chi connectivity index (χ0) is 24.4. The summed E-state index contributed by atoms with van der Waals surface area (Å²) >= 11 is 1.69. The van der Waals surface area contributed by atoms with E-state index >= 15 is 0 Å². The highest BCUT2D eigenvalue weighted by atomic mass is 32.2. The van der Waals surface area contributed by atoms with Gasteiger partial charge < -0.3 is 10.1 Å². The van der Waals surface area contributed by atoms with Gasteiger partial charge in [0.25, 0.3) is 10.0 Å². The van der Waals surface area contributed by atoms with E-state index in [0.29, 0.717) is 18.0 Å². The van der Waals surface area contributed by atoms with Gasteiger partial charge in [0.05, 0.1) is 17.7 Å². The number of nitrogens with one attached hydrogen (secondary N) is 1. The molecule has 9 heteroatoms. The van der Waals surface area contributed by atoms with Crippen LogP contribution in [-0.2, 0) is 20.6 Å².